The van der Waals surface area contributed by atoms with Crippen LogP contribution in [0.15, 0.2) is 63.9 Å². The van der Waals surface area contributed by atoms with Crippen LogP contribution in [0.3, 0.4) is 0 Å². The van der Waals surface area contributed by atoms with E-state index in [1.165, 1.54) is 11.8 Å². The molecule has 2 heterocycles. The van der Waals surface area contributed by atoms with Crippen molar-refractivity contribution in [2.24, 2.45) is 0 Å². The van der Waals surface area contributed by atoms with Gasteiger partial charge in [-0.2, -0.15) is 0 Å². The van der Waals surface area contributed by atoms with E-state index in [2.05, 4.69) is 0 Å². The highest BCUT2D eigenvalue weighted by Crippen LogP contribution is 2.33. The third-order valence-corrected chi connectivity index (χ3v) is 6.17. The molecule has 2 aromatic carbocycles. The van der Waals surface area contributed by atoms with Crippen LogP contribution in [0, 0.1) is 13.8 Å². The topological polar surface area (TPSA) is 76.8 Å². The molecule has 3 aromatic rings. The Balaban J connectivity index is 1.41. The fourth-order valence-corrected chi connectivity index (χ4v) is 4.23. The van der Waals surface area contributed by atoms with Crippen LogP contribution in [-0.4, -0.2) is 35.0 Å². The Morgan fingerprint density at radius 1 is 1.06 bits per heavy atom. The lowest BCUT2D eigenvalue weighted by Gasteiger charge is -2.14. The van der Waals surface area contributed by atoms with E-state index in [1.807, 2.05) is 44.2 Å². The number of hydrogen-bond acceptors (Lipinski definition) is 6. The van der Waals surface area contributed by atoms with Gasteiger partial charge < -0.3 is 9.15 Å². The van der Waals surface area contributed by atoms with Crippen molar-refractivity contribution in [1.82, 2.24) is 4.90 Å². The zero-order valence-electron chi connectivity index (χ0n) is 18.6. The van der Waals surface area contributed by atoms with Gasteiger partial charge in [0.15, 0.2) is 5.78 Å². The molecular formula is C26H23NO5S. The summed E-state index contributed by atoms with van der Waals surface area (Å²) in [6.45, 7) is 5.84. The van der Waals surface area contributed by atoms with Crippen molar-refractivity contribution in [2.45, 2.75) is 20.8 Å². The second-order valence-electron chi connectivity index (χ2n) is 7.79. The fourth-order valence-electron chi connectivity index (χ4n) is 3.39. The number of carbonyl (C=O) groups is 3. The highest BCUT2D eigenvalue weighted by atomic mass is 32.2. The summed E-state index contributed by atoms with van der Waals surface area (Å²) in [5.41, 5.74) is 3.52. The third kappa shape index (κ3) is 5.09. The number of nitrogens with zero attached hydrogens (tertiary/aromatic N) is 1. The van der Waals surface area contributed by atoms with E-state index in [-0.39, 0.29) is 30.1 Å². The molecule has 6 nitrogen and oxygen atoms in total. The summed E-state index contributed by atoms with van der Waals surface area (Å²) in [7, 11) is 0. The number of furan rings is 1. The summed E-state index contributed by atoms with van der Waals surface area (Å²) in [4.78, 5) is 38.1. The maximum atomic E-state index is 12.7. The highest BCUT2D eigenvalue weighted by molar-refractivity contribution is 8.18. The van der Waals surface area contributed by atoms with Crippen molar-refractivity contribution in [2.75, 3.05) is 13.2 Å². The van der Waals surface area contributed by atoms with Crippen molar-refractivity contribution in [1.29, 1.82) is 0 Å². The highest BCUT2D eigenvalue weighted by Gasteiger charge is 2.35. The van der Waals surface area contributed by atoms with Crippen molar-refractivity contribution in [3.8, 4) is 17.1 Å². The molecule has 1 fully saturated rings. The minimum absolute atomic E-state index is 0.00294. The molecule has 0 saturated carbocycles. The predicted octanol–water partition coefficient (Wildman–Crippen LogP) is 5.88. The van der Waals surface area contributed by atoms with Crippen molar-refractivity contribution >= 4 is 34.8 Å². The molecule has 0 radical (unpaired) electrons. The quantitative estimate of drug-likeness (QED) is 0.323. The molecule has 1 aromatic heterocycles. The largest absolute Gasteiger partial charge is 0.491 e. The number of hydrogen-bond donors (Lipinski definition) is 0. The molecule has 4 rings (SSSR count). The summed E-state index contributed by atoms with van der Waals surface area (Å²) in [6.07, 6.45) is 1.57. The molecule has 0 N–H and O–H groups in total. The molecule has 168 valence electrons. The third-order valence-electron chi connectivity index (χ3n) is 5.27. The smallest absolute Gasteiger partial charge is 0.293 e. The summed E-state index contributed by atoms with van der Waals surface area (Å²) in [6, 6.07) is 16.5. The number of thioether (sulfide) groups is 1. The Kier molecular flexibility index (Phi) is 6.51. The van der Waals surface area contributed by atoms with Crippen LogP contribution in [0.5, 0.6) is 5.75 Å². The second kappa shape index (κ2) is 9.50. The molecule has 1 saturated heterocycles. The lowest BCUT2D eigenvalue weighted by molar-refractivity contribution is -0.123. The molecule has 0 bridgehead atoms. The summed E-state index contributed by atoms with van der Waals surface area (Å²) in [5.74, 6) is 1.46. The lowest BCUT2D eigenvalue weighted by atomic mass is 10.1. The van der Waals surface area contributed by atoms with Gasteiger partial charge in [0.05, 0.1) is 11.4 Å². The van der Waals surface area contributed by atoms with E-state index in [0.717, 1.165) is 34.2 Å². The molecule has 1 aliphatic rings. The van der Waals surface area contributed by atoms with Crippen LogP contribution < -0.4 is 4.74 Å². The summed E-state index contributed by atoms with van der Waals surface area (Å²) in [5, 5.41) is -0.331. The molecule has 1 aliphatic heterocycles. The van der Waals surface area contributed by atoms with Crippen LogP contribution in [0.4, 0.5) is 4.79 Å². The molecule has 0 unspecified atom stereocenters. The van der Waals surface area contributed by atoms with Gasteiger partial charge >= 0.3 is 0 Å². The zero-order valence-corrected chi connectivity index (χ0v) is 19.4. The van der Waals surface area contributed by atoms with Gasteiger partial charge in [-0.3, -0.25) is 19.3 Å². The first-order chi connectivity index (χ1) is 15.8. The monoisotopic (exact) mass is 461 g/mol. The Morgan fingerprint density at radius 2 is 1.82 bits per heavy atom. The average molecular weight is 462 g/mol. The van der Waals surface area contributed by atoms with Gasteiger partial charge in [-0.05, 0) is 61.9 Å². The van der Waals surface area contributed by atoms with Gasteiger partial charge in [0, 0.05) is 17.2 Å². The number of ether oxygens (including phenoxy) is 1. The molecule has 0 spiro atoms. The van der Waals surface area contributed by atoms with E-state index >= 15 is 0 Å². The van der Waals surface area contributed by atoms with Gasteiger partial charge in [0.2, 0.25) is 0 Å². The minimum atomic E-state index is -0.363. The van der Waals surface area contributed by atoms with Gasteiger partial charge in [-0.1, -0.05) is 36.4 Å². The Labute approximate surface area is 196 Å². The number of amides is 2. The first-order valence-electron chi connectivity index (χ1n) is 10.5. The van der Waals surface area contributed by atoms with Crippen molar-refractivity contribution in [3.63, 3.8) is 0 Å². The maximum Gasteiger partial charge on any atom is 0.293 e. The van der Waals surface area contributed by atoms with Crippen molar-refractivity contribution < 1.29 is 23.5 Å². The second-order valence-corrected chi connectivity index (χ2v) is 8.78. The lowest BCUT2D eigenvalue weighted by Crippen LogP contribution is -2.32. The fraction of sp³-hybridized carbons (Fsp3) is 0.192. The van der Waals surface area contributed by atoms with Crippen LogP contribution in [-0.2, 0) is 4.79 Å². The van der Waals surface area contributed by atoms with Gasteiger partial charge in [0.1, 0.15) is 23.9 Å². The van der Waals surface area contributed by atoms with E-state index in [0.29, 0.717) is 22.0 Å². The van der Waals surface area contributed by atoms with E-state index in [4.69, 9.17) is 9.15 Å². The van der Waals surface area contributed by atoms with E-state index in [1.54, 1.807) is 30.3 Å². The van der Waals surface area contributed by atoms with Gasteiger partial charge in [-0.15, -0.1) is 0 Å². The number of Topliss-reactive ketones (excluding diaryl/α,β-unsaturated/α-hetero) is 1. The maximum absolute atomic E-state index is 12.7. The van der Waals surface area contributed by atoms with Crippen LogP contribution in [0.2, 0.25) is 0 Å². The number of carbonyl (C=O) groups excluding carboxylic acids is 3. The number of rotatable bonds is 7. The molecule has 7 heteroatoms. The van der Waals surface area contributed by atoms with E-state index < -0.39 is 0 Å². The molecule has 0 atom stereocenters. The molecule has 0 aliphatic carbocycles. The first-order valence-corrected chi connectivity index (χ1v) is 11.3. The zero-order chi connectivity index (χ0) is 23.5. The first kappa shape index (κ1) is 22.6. The summed E-state index contributed by atoms with van der Waals surface area (Å²) < 4.78 is 11.6. The van der Waals surface area contributed by atoms with Crippen molar-refractivity contribution in [3.05, 3.63) is 82.0 Å². The minimum Gasteiger partial charge on any atom is -0.491 e. The van der Waals surface area contributed by atoms with Gasteiger partial charge in [0.25, 0.3) is 11.1 Å². The Bertz CT molecular complexity index is 1260. The molecule has 2 amide bonds. The Morgan fingerprint density at radius 3 is 2.55 bits per heavy atom. The summed E-state index contributed by atoms with van der Waals surface area (Å²) >= 11 is 0.884. The van der Waals surface area contributed by atoms with Crippen LogP contribution >= 0.6 is 11.8 Å². The number of ketones is 1. The van der Waals surface area contributed by atoms with Crippen LogP contribution in [0.1, 0.15) is 34.2 Å². The number of benzene rings is 2. The Hall–Kier alpha value is -3.58. The van der Waals surface area contributed by atoms with Crippen LogP contribution in [0.25, 0.3) is 17.4 Å². The predicted molar refractivity (Wildman–Crippen MR) is 128 cm³/mol. The molecule has 33 heavy (non-hydrogen) atoms. The average Bonchev–Trinajstić information content (AvgIpc) is 3.36. The molecular weight excluding hydrogens is 438 g/mol. The number of aryl methyl sites for hydroxylation is 2. The normalized spacial score (nSPS) is 14.9. The number of imide groups is 1. The van der Waals surface area contributed by atoms with Gasteiger partial charge in [-0.25, -0.2) is 0 Å². The van der Waals surface area contributed by atoms with E-state index in [9.17, 15) is 14.4 Å². The standard InChI is InChI=1S/C26H23NO5S/c1-16-4-5-17(2)23(14-16)31-13-12-27-25(29)24(33-26(27)30)15-21-10-11-22(32-21)20-8-6-19(7-9-20)18(3)28/h4-11,14-15H,12-13H2,1-3H3/b24-15-. The SMILES string of the molecule is CC(=O)c1ccc(-c2ccc(/C=C3\SC(=O)N(CCOc4cc(C)ccc4C)C3=O)o2)cc1.